The van der Waals surface area contributed by atoms with Gasteiger partial charge in [-0.1, -0.05) is 31.3 Å². The second-order valence-corrected chi connectivity index (χ2v) is 6.58. The molecule has 2 aliphatic rings. The molecule has 3 rings (SSSR count). The summed E-state index contributed by atoms with van der Waals surface area (Å²) in [5.74, 6) is 1.09. The highest BCUT2D eigenvalue weighted by Gasteiger charge is 2.45. The minimum Gasteiger partial charge on any atom is -0.480 e. The maximum atomic E-state index is 11.6. The fraction of sp³-hybridized carbons (Fsp3) is 0.812. The third-order valence-corrected chi connectivity index (χ3v) is 5.09. The molecule has 1 aromatic rings. The van der Waals surface area contributed by atoms with E-state index in [9.17, 15) is 9.90 Å². The Kier molecular flexibility index (Phi) is 4.76. The highest BCUT2D eigenvalue weighted by atomic mass is 16.5. The molecule has 22 heavy (non-hydrogen) atoms. The summed E-state index contributed by atoms with van der Waals surface area (Å²) in [7, 11) is 0. The number of likely N-dealkylation sites (tertiary alicyclic amines) is 1. The second kappa shape index (κ2) is 6.77. The van der Waals surface area contributed by atoms with E-state index in [1.165, 1.54) is 12.8 Å². The molecule has 122 valence electrons. The molecular formula is C16H25N3O3. The van der Waals surface area contributed by atoms with E-state index < -0.39 is 12.0 Å². The quantitative estimate of drug-likeness (QED) is 0.870. The maximum absolute atomic E-state index is 11.6. The van der Waals surface area contributed by atoms with Gasteiger partial charge in [-0.2, -0.15) is 4.98 Å². The van der Waals surface area contributed by atoms with E-state index in [-0.39, 0.29) is 0 Å². The van der Waals surface area contributed by atoms with Gasteiger partial charge in [0.25, 0.3) is 0 Å². The first-order chi connectivity index (χ1) is 10.7. The molecule has 1 N–H and O–H groups in total. The lowest BCUT2D eigenvalue weighted by molar-refractivity contribution is -0.143. The molecule has 0 unspecified atom stereocenters. The van der Waals surface area contributed by atoms with Crippen molar-refractivity contribution in [1.29, 1.82) is 0 Å². The molecule has 1 saturated carbocycles. The van der Waals surface area contributed by atoms with E-state index in [1.54, 1.807) is 0 Å². The van der Waals surface area contributed by atoms with Gasteiger partial charge in [-0.3, -0.25) is 9.69 Å². The molecule has 1 aromatic heterocycles. The number of nitrogens with zero attached hydrogens (tertiary/aromatic N) is 3. The van der Waals surface area contributed by atoms with Crippen molar-refractivity contribution in [2.45, 2.75) is 76.9 Å². The summed E-state index contributed by atoms with van der Waals surface area (Å²) in [6.07, 6.45) is 8.39. The SMILES string of the molecule is CCCCc1noc(CN2[C@@H]3CCCC[C@H]3C[C@H]2C(=O)O)n1. The molecule has 1 aliphatic heterocycles. The van der Waals surface area contributed by atoms with Crippen LogP contribution in [0.5, 0.6) is 0 Å². The molecule has 1 aliphatic carbocycles. The van der Waals surface area contributed by atoms with Gasteiger partial charge in [0.15, 0.2) is 5.82 Å². The Morgan fingerprint density at radius 2 is 2.23 bits per heavy atom. The summed E-state index contributed by atoms with van der Waals surface area (Å²) >= 11 is 0. The first kappa shape index (κ1) is 15.5. The van der Waals surface area contributed by atoms with Crippen molar-refractivity contribution in [2.75, 3.05) is 0 Å². The zero-order valence-electron chi connectivity index (χ0n) is 13.2. The normalized spacial score (nSPS) is 28.7. The van der Waals surface area contributed by atoms with Crippen LogP contribution in [-0.4, -0.2) is 38.2 Å². The minimum absolute atomic E-state index is 0.362. The predicted molar refractivity (Wildman–Crippen MR) is 80.2 cm³/mol. The number of carboxylic acid groups (broad SMARTS) is 1. The standard InChI is InChI=1S/C16H25N3O3/c1-2-3-8-14-17-15(22-18-14)10-19-12-7-5-4-6-11(12)9-13(19)16(20)21/h11-13H,2-10H2,1H3,(H,20,21)/t11-,12+,13-/m0/s1. The maximum Gasteiger partial charge on any atom is 0.320 e. The highest BCUT2D eigenvalue weighted by Crippen LogP contribution is 2.40. The van der Waals surface area contributed by atoms with Crippen molar-refractivity contribution >= 4 is 5.97 Å². The lowest BCUT2D eigenvalue weighted by Crippen LogP contribution is -2.41. The lowest BCUT2D eigenvalue weighted by Gasteiger charge is -2.31. The second-order valence-electron chi connectivity index (χ2n) is 6.58. The van der Waals surface area contributed by atoms with Crippen LogP contribution in [-0.2, 0) is 17.8 Å². The molecule has 0 spiro atoms. The molecule has 0 bridgehead atoms. The third-order valence-electron chi connectivity index (χ3n) is 5.09. The number of aliphatic carboxylic acids is 1. The van der Waals surface area contributed by atoms with E-state index in [1.807, 2.05) is 0 Å². The van der Waals surface area contributed by atoms with Crippen LogP contribution < -0.4 is 0 Å². The zero-order chi connectivity index (χ0) is 15.5. The van der Waals surface area contributed by atoms with Crippen molar-refractivity contribution in [2.24, 2.45) is 5.92 Å². The Hall–Kier alpha value is -1.43. The van der Waals surface area contributed by atoms with Gasteiger partial charge in [0.05, 0.1) is 6.54 Å². The molecule has 0 radical (unpaired) electrons. The summed E-state index contributed by atoms with van der Waals surface area (Å²) in [5, 5.41) is 13.5. The first-order valence-electron chi connectivity index (χ1n) is 8.49. The number of fused-ring (bicyclic) bond motifs is 1. The van der Waals surface area contributed by atoms with Crippen LogP contribution in [0.3, 0.4) is 0 Å². The van der Waals surface area contributed by atoms with Crippen LogP contribution in [0.2, 0.25) is 0 Å². The molecule has 2 fully saturated rings. The van der Waals surface area contributed by atoms with Crippen LogP contribution in [0, 0.1) is 5.92 Å². The molecule has 0 amide bonds. The summed E-state index contributed by atoms with van der Waals surface area (Å²) in [4.78, 5) is 18.1. The van der Waals surface area contributed by atoms with Crippen LogP contribution in [0.25, 0.3) is 0 Å². The molecule has 6 heteroatoms. The Labute approximate surface area is 130 Å². The monoisotopic (exact) mass is 307 g/mol. The Bertz CT molecular complexity index is 516. The fourth-order valence-corrected chi connectivity index (χ4v) is 3.97. The number of rotatable bonds is 6. The van der Waals surface area contributed by atoms with Gasteiger partial charge in [-0.25, -0.2) is 0 Å². The number of hydrogen-bond donors (Lipinski definition) is 1. The van der Waals surface area contributed by atoms with Gasteiger partial charge >= 0.3 is 5.97 Å². The molecule has 0 aromatic carbocycles. The van der Waals surface area contributed by atoms with Gasteiger partial charge in [0.1, 0.15) is 6.04 Å². The largest absolute Gasteiger partial charge is 0.480 e. The predicted octanol–water partition coefficient (Wildman–Crippen LogP) is 2.63. The van der Waals surface area contributed by atoms with Gasteiger partial charge in [-0.05, 0) is 31.6 Å². The molecular weight excluding hydrogens is 282 g/mol. The number of carbonyl (C=O) groups is 1. The molecule has 2 heterocycles. The Morgan fingerprint density at radius 3 is 3.00 bits per heavy atom. The summed E-state index contributed by atoms with van der Waals surface area (Å²) in [6.45, 7) is 2.60. The van der Waals surface area contributed by atoms with E-state index in [0.29, 0.717) is 24.4 Å². The van der Waals surface area contributed by atoms with Crippen molar-refractivity contribution in [3.8, 4) is 0 Å². The van der Waals surface area contributed by atoms with Crippen molar-refractivity contribution in [3.63, 3.8) is 0 Å². The van der Waals surface area contributed by atoms with Crippen LogP contribution in [0.15, 0.2) is 4.52 Å². The Balaban J connectivity index is 1.70. The smallest absolute Gasteiger partial charge is 0.320 e. The Morgan fingerprint density at radius 1 is 1.41 bits per heavy atom. The minimum atomic E-state index is -0.722. The van der Waals surface area contributed by atoms with Gasteiger partial charge in [0.2, 0.25) is 5.89 Å². The summed E-state index contributed by atoms with van der Waals surface area (Å²) in [5.41, 5.74) is 0. The van der Waals surface area contributed by atoms with Gasteiger partial charge in [0, 0.05) is 12.5 Å². The third kappa shape index (κ3) is 3.16. The van der Waals surface area contributed by atoms with Crippen molar-refractivity contribution < 1.29 is 14.4 Å². The van der Waals surface area contributed by atoms with E-state index >= 15 is 0 Å². The van der Waals surface area contributed by atoms with Crippen molar-refractivity contribution in [1.82, 2.24) is 15.0 Å². The summed E-state index contributed by atoms with van der Waals surface area (Å²) in [6, 6.07) is -0.0417. The van der Waals surface area contributed by atoms with E-state index in [0.717, 1.165) is 44.3 Å². The van der Waals surface area contributed by atoms with Gasteiger partial charge < -0.3 is 9.63 Å². The number of carboxylic acids is 1. The average molecular weight is 307 g/mol. The van der Waals surface area contributed by atoms with Crippen LogP contribution in [0.4, 0.5) is 0 Å². The number of unbranched alkanes of at least 4 members (excludes halogenated alkanes) is 1. The number of hydrogen-bond acceptors (Lipinski definition) is 5. The number of aromatic nitrogens is 2. The number of aryl methyl sites for hydroxylation is 1. The summed E-state index contributed by atoms with van der Waals surface area (Å²) < 4.78 is 5.34. The van der Waals surface area contributed by atoms with Crippen LogP contribution >= 0.6 is 0 Å². The molecule has 1 saturated heterocycles. The average Bonchev–Trinajstić information content (AvgIpc) is 3.11. The molecule has 3 atom stereocenters. The zero-order valence-corrected chi connectivity index (χ0v) is 13.2. The lowest BCUT2D eigenvalue weighted by atomic mass is 9.85. The molecule has 6 nitrogen and oxygen atoms in total. The van der Waals surface area contributed by atoms with Crippen LogP contribution in [0.1, 0.15) is 63.6 Å². The van der Waals surface area contributed by atoms with E-state index in [2.05, 4.69) is 22.0 Å². The fourth-order valence-electron chi connectivity index (χ4n) is 3.97. The van der Waals surface area contributed by atoms with Crippen molar-refractivity contribution in [3.05, 3.63) is 11.7 Å². The highest BCUT2D eigenvalue weighted by molar-refractivity contribution is 5.74. The topological polar surface area (TPSA) is 79.5 Å². The first-order valence-corrected chi connectivity index (χ1v) is 8.49. The van der Waals surface area contributed by atoms with Gasteiger partial charge in [-0.15, -0.1) is 0 Å². The van der Waals surface area contributed by atoms with E-state index in [4.69, 9.17) is 4.52 Å².